The number of epoxide rings is 2. The fraction of sp³-hybridized carbons (Fsp3) is 0.769. The summed E-state index contributed by atoms with van der Waals surface area (Å²) in [6.07, 6.45) is 14.4. The Bertz CT molecular complexity index is 712. The van der Waals surface area contributed by atoms with Crippen LogP contribution in [0.15, 0.2) is 24.3 Å². The van der Waals surface area contributed by atoms with E-state index in [9.17, 15) is 13.7 Å². The molecule has 1 aromatic rings. The summed E-state index contributed by atoms with van der Waals surface area (Å²) in [6, 6.07) is 7.59. The molecule has 0 amide bonds. The highest BCUT2D eigenvalue weighted by molar-refractivity contribution is 7.39. The van der Waals surface area contributed by atoms with Gasteiger partial charge in [0.05, 0.1) is 38.6 Å². The Balaban J connectivity index is 0.000000279. The summed E-state index contributed by atoms with van der Waals surface area (Å²) in [5.41, 5.74) is 1.18. The number of benzene rings is 1. The first-order chi connectivity index (χ1) is 18.1. The van der Waals surface area contributed by atoms with Gasteiger partial charge < -0.3 is 9.47 Å². The van der Waals surface area contributed by atoms with Crippen LogP contribution in [0.3, 0.4) is 0 Å². The second kappa shape index (κ2) is 24.2. The average molecular weight is 578 g/mol. The third-order valence-electron chi connectivity index (χ3n) is 5.57. The molecule has 2 fully saturated rings. The van der Waals surface area contributed by atoms with E-state index in [1.165, 1.54) is 50.5 Å². The fourth-order valence-electron chi connectivity index (χ4n) is 3.27. The molecule has 2 aliphatic rings. The normalized spacial score (nSPS) is 17.8. The summed E-state index contributed by atoms with van der Waals surface area (Å²) in [5, 5.41) is 0. The van der Waals surface area contributed by atoms with E-state index in [4.69, 9.17) is 14.0 Å². The van der Waals surface area contributed by atoms with Crippen molar-refractivity contribution in [3.63, 3.8) is 0 Å². The van der Waals surface area contributed by atoms with Gasteiger partial charge in [-0.25, -0.2) is 9.13 Å². The van der Waals surface area contributed by atoms with Gasteiger partial charge in [0.15, 0.2) is 11.9 Å². The third kappa shape index (κ3) is 24.0. The number of rotatable bonds is 20. The van der Waals surface area contributed by atoms with Gasteiger partial charge in [0, 0.05) is 0 Å². The molecule has 8 nitrogen and oxygen atoms in total. The molecule has 3 unspecified atom stereocenters. The molecule has 210 valence electrons. The van der Waals surface area contributed by atoms with Gasteiger partial charge in [-0.05, 0) is 55.7 Å². The molecule has 0 aromatic heterocycles. The smallest absolute Gasteiger partial charge is 0.373 e. The number of aryl methyl sites for hydroxylation is 1. The zero-order chi connectivity index (χ0) is 27.0. The molecule has 3 rings (SSSR count). The van der Waals surface area contributed by atoms with E-state index >= 15 is 0 Å². The lowest BCUT2D eigenvalue weighted by Gasteiger charge is -1.98. The van der Waals surface area contributed by atoms with Crippen molar-refractivity contribution in [2.75, 3.05) is 32.6 Å². The maximum atomic E-state index is 11.2. The van der Waals surface area contributed by atoms with Gasteiger partial charge in [-0.1, -0.05) is 63.1 Å². The van der Waals surface area contributed by atoms with Crippen LogP contribution in [-0.2, 0) is 32.2 Å². The van der Waals surface area contributed by atoms with E-state index in [0.29, 0.717) is 37.3 Å². The first-order valence-electron chi connectivity index (χ1n) is 13.4. The van der Waals surface area contributed by atoms with E-state index in [2.05, 4.69) is 9.05 Å². The largest absolute Gasteiger partial charge is 0.555 e. The zero-order valence-electron chi connectivity index (χ0n) is 22.4. The van der Waals surface area contributed by atoms with Crippen LogP contribution in [-0.4, -0.2) is 44.8 Å². The van der Waals surface area contributed by atoms with Crippen LogP contribution >= 0.6 is 25.4 Å². The lowest BCUT2D eigenvalue weighted by molar-refractivity contribution is 0.324. The SMILES string of the molecule is CCC[P+](=O)Oc1ccc(C)cc1.O=POCCCCCC1CO1.O=POCCCCCCCC1CO1. The predicted octanol–water partition coefficient (Wildman–Crippen LogP) is 8.64. The molecule has 1 aromatic carbocycles. The van der Waals surface area contributed by atoms with Crippen LogP contribution < -0.4 is 4.52 Å². The van der Waals surface area contributed by atoms with Crippen molar-refractivity contribution in [1.29, 1.82) is 0 Å². The van der Waals surface area contributed by atoms with E-state index in [1.54, 1.807) is 0 Å². The maximum absolute atomic E-state index is 11.2. The Morgan fingerprint density at radius 2 is 1.27 bits per heavy atom. The monoisotopic (exact) mass is 577 g/mol. The van der Waals surface area contributed by atoms with Crippen LogP contribution in [0.1, 0.15) is 83.1 Å². The van der Waals surface area contributed by atoms with Gasteiger partial charge >= 0.3 is 25.4 Å². The van der Waals surface area contributed by atoms with Gasteiger partial charge in [-0.2, -0.15) is 0 Å². The van der Waals surface area contributed by atoms with E-state index in [0.717, 1.165) is 38.9 Å². The maximum Gasteiger partial charge on any atom is 0.555 e. The molecule has 2 aliphatic heterocycles. The highest BCUT2D eigenvalue weighted by atomic mass is 31.1. The second-order valence-electron chi connectivity index (χ2n) is 9.09. The molecule has 2 saturated heterocycles. The van der Waals surface area contributed by atoms with Crippen LogP contribution in [0.4, 0.5) is 0 Å². The first kappa shape index (κ1) is 34.2. The fourth-order valence-corrected chi connectivity index (χ4v) is 4.49. The molecular formula is C26H44O8P3+. The van der Waals surface area contributed by atoms with Gasteiger partial charge in [0.2, 0.25) is 0 Å². The van der Waals surface area contributed by atoms with E-state index in [1.807, 2.05) is 38.1 Å². The van der Waals surface area contributed by atoms with Gasteiger partial charge in [0.25, 0.3) is 0 Å². The Kier molecular flexibility index (Phi) is 22.4. The first-order valence-corrected chi connectivity index (χ1v) is 16.2. The minimum Gasteiger partial charge on any atom is -0.373 e. The minimum absolute atomic E-state index is 0.188. The summed E-state index contributed by atoms with van der Waals surface area (Å²) in [5.74, 6) is 0.695. The lowest BCUT2D eigenvalue weighted by atomic mass is 10.1. The van der Waals surface area contributed by atoms with Crippen molar-refractivity contribution in [3.05, 3.63) is 29.8 Å². The summed E-state index contributed by atoms with van der Waals surface area (Å²) in [4.78, 5) is 0. The van der Waals surface area contributed by atoms with Crippen LogP contribution in [0, 0.1) is 6.92 Å². The van der Waals surface area contributed by atoms with Crippen molar-refractivity contribution >= 4 is 25.4 Å². The van der Waals surface area contributed by atoms with Gasteiger partial charge in [-0.3, -0.25) is 13.6 Å². The number of hydrogen-bond donors (Lipinski definition) is 0. The van der Waals surface area contributed by atoms with E-state index in [-0.39, 0.29) is 17.4 Å². The molecule has 0 saturated carbocycles. The van der Waals surface area contributed by atoms with Gasteiger partial charge in [-0.15, -0.1) is 0 Å². The standard InChI is InChI=1S/C10H14O2P.C9H17O3P.C7H13O3P/c1-3-8-13(11)12-10-6-4-9(2)5-7-10;10-13-12-7-5-3-1-2-4-6-9-8-11-9;8-11-10-5-3-1-2-4-7-6-9-7/h4-7H,3,8H2,1-2H3;9H,1-8H2;7H,1-6H2/q+1;;. The summed E-state index contributed by atoms with van der Waals surface area (Å²) in [7, 11) is -1.90. The minimum atomic E-state index is -1.52. The van der Waals surface area contributed by atoms with Crippen LogP contribution in [0.2, 0.25) is 0 Å². The number of unbranched alkanes of at least 4 members (excludes halogenated alkanes) is 6. The zero-order valence-corrected chi connectivity index (χ0v) is 25.1. The molecule has 0 aliphatic carbocycles. The molecule has 0 bridgehead atoms. The highest BCUT2D eigenvalue weighted by Gasteiger charge is 2.21. The molecule has 11 heteroatoms. The van der Waals surface area contributed by atoms with Crippen LogP contribution in [0.25, 0.3) is 0 Å². The van der Waals surface area contributed by atoms with Crippen molar-refractivity contribution in [1.82, 2.24) is 0 Å². The van der Waals surface area contributed by atoms with E-state index < -0.39 is 8.03 Å². The third-order valence-corrected chi connectivity index (χ3v) is 7.37. The summed E-state index contributed by atoms with van der Waals surface area (Å²) < 4.78 is 55.6. The molecule has 37 heavy (non-hydrogen) atoms. The molecule has 0 radical (unpaired) electrons. The highest BCUT2D eigenvalue weighted by Crippen LogP contribution is 2.27. The molecular weight excluding hydrogens is 533 g/mol. The predicted molar refractivity (Wildman–Crippen MR) is 147 cm³/mol. The Labute approximate surface area is 227 Å². The molecule has 3 atom stereocenters. The quantitative estimate of drug-likeness (QED) is 0.0862. The lowest BCUT2D eigenvalue weighted by Crippen LogP contribution is -1.88. The molecule has 0 N–H and O–H groups in total. The average Bonchev–Trinajstić information content (AvgIpc) is 3.82. The van der Waals surface area contributed by atoms with Crippen molar-refractivity contribution in [3.8, 4) is 5.75 Å². The Hall–Kier alpha value is -0.840. The van der Waals surface area contributed by atoms with Crippen molar-refractivity contribution in [2.24, 2.45) is 0 Å². The summed E-state index contributed by atoms with van der Waals surface area (Å²) in [6.45, 7) is 7.17. The molecule has 0 spiro atoms. The summed E-state index contributed by atoms with van der Waals surface area (Å²) >= 11 is 0. The molecule has 2 heterocycles. The van der Waals surface area contributed by atoms with Crippen molar-refractivity contribution < 1.29 is 36.7 Å². The Morgan fingerprint density at radius 3 is 1.73 bits per heavy atom. The second-order valence-corrected chi connectivity index (χ2v) is 11.2. The van der Waals surface area contributed by atoms with Crippen LogP contribution in [0.5, 0.6) is 5.75 Å². The number of ether oxygens (including phenoxy) is 2. The topological polar surface area (TPSA) is 104 Å². The Morgan fingerprint density at radius 1 is 0.811 bits per heavy atom. The van der Waals surface area contributed by atoms with Crippen molar-refractivity contribution in [2.45, 2.75) is 96.7 Å². The van der Waals surface area contributed by atoms with Gasteiger partial charge in [0.1, 0.15) is 0 Å². The number of hydrogen-bond acceptors (Lipinski definition) is 8.